The molecule has 1 aliphatic heterocycles. The number of aryl methyl sites for hydroxylation is 1. The number of amides is 1. The summed E-state index contributed by atoms with van der Waals surface area (Å²) < 4.78 is 6.91. The second-order valence-electron chi connectivity index (χ2n) is 7.81. The molecule has 32 heavy (non-hydrogen) atoms. The fourth-order valence-electron chi connectivity index (χ4n) is 4.21. The van der Waals surface area contributed by atoms with Crippen molar-refractivity contribution in [3.8, 4) is 5.75 Å². The van der Waals surface area contributed by atoms with Crippen molar-refractivity contribution < 1.29 is 14.3 Å². The Labute approximate surface area is 186 Å². The topological polar surface area (TPSA) is 83.6 Å². The third-order valence-corrected chi connectivity index (χ3v) is 6.74. The maximum absolute atomic E-state index is 13.6. The molecule has 7 heteroatoms. The Bertz CT molecular complexity index is 1600. The van der Waals surface area contributed by atoms with Gasteiger partial charge in [0.05, 0.1) is 27.2 Å². The van der Waals surface area contributed by atoms with Crippen LogP contribution in [0.3, 0.4) is 0 Å². The molecule has 1 aliphatic rings. The van der Waals surface area contributed by atoms with Gasteiger partial charge in [-0.05, 0) is 54.4 Å². The number of rotatable bonds is 2. The number of anilines is 1. The molecule has 0 fully saturated rings. The molecule has 156 valence electrons. The second-order valence-corrected chi connectivity index (χ2v) is 8.82. The molecular weight excluding hydrogens is 424 g/mol. The van der Waals surface area contributed by atoms with Crippen LogP contribution in [0.5, 0.6) is 5.75 Å². The minimum Gasteiger partial charge on any atom is -0.508 e. The van der Waals surface area contributed by atoms with E-state index in [0.29, 0.717) is 21.7 Å². The van der Waals surface area contributed by atoms with Gasteiger partial charge in [0.2, 0.25) is 5.76 Å². The van der Waals surface area contributed by atoms with Crippen LogP contribution in [0.25, 0.3) is 21.2 Å². The van der Waals surface area contributed by atoms with Crippen LogP contribution in [0.15, 0.2) is 75.9 Å². The lowest BCUT2D eigenvalue weighted by molar-refractivity contribution is 0.0971. The van der Waals surface area contributed by atoms with Gasteiger partial charge in [-0.15, -0.1) is 0 Å². The summed E-state index contributed by atoms with van der Waals surface area (Å²) in [4.78, 5) is 33.3. The van der Waals surface area contributed by atoms with Gasteiger partial charge in [-0.3, -0.25) is 14.5 Å². The van der Waals surface area contributed by atoms with E-state index in [1.54, 1.807) is 48.5 Å². The first-order valence-electron chi connectivity index (χ1n) is 10.1. The lowest BCUT2D eigenvalue weighted by Crippen LogP contribution is -2.29. The molecule has 0 spiro atoms. The Kier molecular flexibility index (Phi) is 3.97. The number of nitrogens with zero attached hydrogens (tertiary/aromatic N) is 2. The van der Waals surface area contributed by atoms with Crippen LogP contribution in [0, 0.1) is 6.92 Å². The van der Waals surface area contributed by atoms with Crippen LogP contribution in [0.2, 0.25) is 0 Å². The van der Waals surface area contributed by atoms with Crippen molar-refractivity contribution in [1.29, 1.82) is 0 Å². The lowest BCUT2D eigenvalue weighted by Gasteiger charge is -2.22. The molecule has 0 aliphatic carbocycles. The maximum Gasteiger partial charge on any atom is 0.297 e. The van der Waals surface area contributed by atoms with Gasteiger partial charge >= 0.3 is 0 Å². The Morgan fingerprint density at radius 1 is 1.03 bits per heavy atom. The molecule has 6 rings (SSSR count). The summed E-state index contributed by atoms with van der Waals surface area (Å²) in [6.07, 6.45) is 0. The summed E-state index contributed by atoms with van der Waals surface area (Å²) in [6, 6.07) is 18.6. The summed E-state index contributed by atoms with van der Waals surface area (Å²) in [7, 11) is 0. The predicted octanol–water partition coefficient (Wildman–Crippen LogP) is 5.17. The van der Waals surface area contributed by atoms with E-state index in [1.165, 1.54) is 16.2 Å². The maximum atomic E-state index is 13.6. The smallest absolute Gasteiger partial charge is 0.297 e. The molecule has 6 nitrogen and oxygen atoms in total. The molecule has 0 radical (unpaired) electrons. The van der Waals surface area contributed by atoms with Gasteiger partial charge in [0, 0.05) is 0 Å². The number of fused-ring (bicyclic) bond motifs is 3. The van der Waals surface area contributed by atoms with Gasteiger partial charge in [-0.25, -0.2) is 4.98 Å². The van der Waals surface area contributed by atoms with Crippen LogP contribution >= 0.6 is 11.3 Å². The molecule has 1 atom stereocenters. The van der Waals surface area contributed by atoms with Crippen LogP contribution in [-0.4, -0.2) is 16.0 Å². The molecule has 0 unspecified atom stereocenters. The Balaban J connectivity index is 1.64. The van der Waals surface area contributed by atoms with Gasteiger partial charge in [0.25, 0.3) is 5.91 Å². The van der Waals surface area contributed by atoms with Crippen molar-refractivity contribution in [2.45, 2.75) is 13.0 Å². The molecule has 1 N–H and O–H groups in total. The zero-order valence-corrected chi connectivity index (χ0v) is 17.7. The standard InChI is InChI=1S/C25H16N2O4S/c1-13-6-11-17-19(12-13)32-25(26-17)27-21(14-7-9-15(28)10-8-14)20-22(29)16-4-2-3-5-18(16)31-23(20)24(27)30/h2-12,21,28H,1H3/t21-/m0/s1. The van der Waals surface area contributed by atoms with Gasteiger partial charge < -0.3 is 9.52 Å². The molecular formula is C25H16N2O4S. The first-order chi connectivity index (χ1) is 15.5. The number of hydrogen-bond donors (Lipinski definition) is 1. The third kappa shape index (κ3) is 2.68. The van der Waals surface area contributed by atoms with Gasteiger partial charge in [0.15, 0.2) is 10.6 Å². The van der Waals surface area contributed by atoms with Crippen molar-refractivity contribution in [3.05, 3.63) is 99.4 Å². The second kappa shape index (κ2) is 6.77. The fraction of sp³-hybridized carbons (Fsp3) is 0.0800. The van der Waals surface area contributed by atoms with Crippen molar-refractivity contribution >= 4 is 43.6 Å². The monoisotopic (exact) mass is 440 g/mol. The van der Waals surface area contributed by atoms with Crippen LogP contribution < -0.4 is 10.3 Å². The average Bonchev–Trinajstić information content (AvgIpc) is 3.33. The molecule has 3 aromatic carbocycles. The highest BCUT2D eigenvalue weighted by molar-refractivity contribution is 7.22. The van der Waals surface area contributed by atoms with Gasteiger partial charge in [0.1, 0.15) is 11.3 Å². The van der Waals surface area contributed by atoms with Crippen LogP contribution in [0.1, 0.15) is 33.3 Å². The van der Waals surface area contributed by atoms with E-state index >= 15 is 0 Å². The molecule has 1 amide bonds. The van der Waals surface area contributed by atoms with Crippen LogP contribution in [-0.2, 0) is 0 Å². The number of phenols is 1. The normalized spacial score (nSPS) is 15.6. The third-order valence-electron chi connectivity index (χ3n) is 5.73. The first kappa shape index (κ1) is 18.8. The number of hydrogen-bond acceptors (Lipinski definition) is 6. The number of phenolic OH excluding ortho intramolecular Hbond substituents is 1. The Morgan fingerprint density at radius 3 is 2.62 bits per heavy atom. The minimum absolute atomic E-state index is 0.0298. The molecule has 0 saturated heterocycles. The largest absolute Gasteiger partial charge is 0.508 e. The highest BCUT2D eigenvalue weighted by atomic mass is 32.1. The van der Waals surface area contributed by atoms with E-state index in [1.807, 2.05) is 25.1 Å². The molecule has 0 bridgehead atoms. The molecule has 0 saturated carbocycles. The Morgan fingerprint density at radius 2 is 1.81 bits per heavy atom. The van der Waals surface area contributed by atoms with E-state index < -0.39 is 11.9 Å². The molecule has 2 aromatic heterocycles. The average molecular weight is 440 g/mol. The number of benzene rings is 3. The quantitative estimate of drug-likeness (QED) is 0.410. The zero-order valence-electron chi connectivity index (χ0n) is 16.9. The summed E-state index contributed by atoms with van der Waals surface area (Å²) in [5.74, 6) is -0.273. The van der Waals surface area contributed by atoms with Crippen molar-refractivity contribution in [1.82, 2.24) is 4.98 Å². The SMILES string of the molecule is Cc1ccc2nc(N3C(=O)c4oc5ccccc5c(=O)c4[C@@H]3c3ccc(O)cc3)sc2c1. The predicted molar refractivity (Wildman–Crippen MR) is 124 cm³/mol. The summed E-state index contributed by atoms with van der Waals surface area (Å²) in [5, 5.41) is 10.7. The lowest BCUT2D eigenvalue weighted by atomic mass is 9.98. The minimum atomic E-state index is -0.708. The van der Waals surface area contributed by atoms with E-state index in [-0.39, 0.29) is 22.5 Å². The number of carbonyl (C=O) groups excluding carboxylic acids is 1. The van der Waals surface area contributed by atoms with Crippen molar-refractivity contribution in [2.24, 2.45) is 0 Å². The van der Waals surface area contributed by atoms with E-state index in [9.17, 15) is 14.7 Å². The number of carbonyl (C=O) groups is 1. The number of thiazole rings is 1. The number of aromatic nitrogens is 1. The number of aromatic hydroxyl groups is 1. The Hall–Kier alpha value is -3.97. The molecule has 3 heterocycles. The van der Waals surface area contributed by atoms with E-state index in [0.717, 1.165) is 15.8 Å². The van der Waals surface area contributed by atoms with E-state index in [4.69, 9.17) is 9.40 Å². The van der Waals surface area contributed by atoms with Crippen molar-refractivity contribution in [2.75, 3.05) is 4.90 Å². The molecule has 5 aromatic rings. The highest BCUT2D eigenvalue weighted by Gasteiger charge is 2.45. The van der Waals surface area contributed by atoms with Gasteiger partial charge in [-0.1, -0.05) is 41.7 Å². The van der Waals surface area contributed by atoms with Gasteiger partial charge in [-0.2, -0.15) is 0 Å². The van der Waals surface area contributed by atoms with Crippen molar-refractivity contribution in [3.63, 3.8) is 0 Å². The summed E-state index contributed by atoms with van der Waals surface area (Å²) >= 11 is 1.40. The number of para-hydroxylation sites is 1. The zero-order chi connectivity index (χ0) is 22.0. The fourth-order valence-corrected chi connectivity index (χ4v) is 5.30. The van der Waals surface area contributed by atoms with Crippen LogP contribution in [0.4, 0.5) is 5.13 Å². The van der Waals surface area contributed by atoms with E-state index in [2.05, 4.69) is 0 Å². The highest BCUT2D eigenvalue weighted by Crippen LogP contribution is 2.43. The first-order valence-corrected chi connectivity index (χ1v) is 10.9. The summed E-state index contributed by atoms with van der Waals surface area (Å²) in [6.45, 7) is 2.00. The summed E-state index contributed by atoms with van der Waals surface area (Å²) in [5.41, 5.74) is 2.99.